The molecule has 0 aromatic heterocycles. The molecule has 0 radical (unpaired) electrons. The van der Waals surface area contributed by atoms with Gasteiger partial charge < -0.3 is 5.32 Å². The molecular formula is C17H21N3O2. The van der Waals surface area contributed by atoms with E-state index in [0.29, 0.717) is 24.2 Å². The third kappa shape index (κ3) is 3.18. The van der Waals surface area contributed by atoms with Crippen molar-refractivity contribution in [3.63, 3.8) is 0 Å². The van der Waals surface area contributed by atoms with E-state index in [9.17, 15) is 9.59 Å². The first kappa shape index (κ1) is 14.8. The Morgan fingerprint density at radius 3 is 2.55 bits per heavy atom. The lowest BCUT2D eigenvalue weighted by molar-refractivity contribution is -0.119. The normalized spacial score (nSPS) is 19.2. The molecule has 116 valence electrons. The Labute approximate surface area is 130 Å². The predicted octanol–water partition coefficient (Wildman–Crippen LogP) is 2.54. The molecule has 5 nitrogen and oxygen atoms in total. The Morgan fingerprint density at radius 1 is 1.18 bits per heavy atom. The van der Waals surface area contributed by atoms with Crippen molar-refractivity contribution in [2.75, 3.05) is 5.01 Å². The maximum Gasteiger partial charge on any atom is 0.267 e. The average molecular weight is 299 g/mol. The summed E-state index contributed by atoms with van der Waals surface area (Å²) >= 11 is 0. The summed E-state index contributed by atoms with van der Waals surface area (Å²) in [4.78, 5) is 24.4. The maximum atomic E-state index is 12.3. The number of aryl methyl sites for hydroxylation is 1. The van der Waals surface area contributed by atoms with Crippen LogP contribution in [0.1, 0.15) is 44.1 Å². The van der Waals surface area contributed by atoms with Gasteiger partial charge in [0.15, 0.2) is 0 Å². The SMILES string of the molecule is Cc1ccc(N2N=C(C(=O)NC3CCCC3)CCC2=O)cc1. The highest BCUT2D eigenvalue weighted by atomic mass is 16.2. The molecule has 0 spiro atoms. The zero-order chi connectivity index (χ0) is 15.5. The first-order valence-corrected chi connectivity index (χ1v) is 7.91. The second-order valence-corrected chi connectivity index (χ2v) is 6.04. The van der Waals surface area contributed by atoms with Crippen molar-refractivity contribution < 1.29 is 9.59 Å². The number of hydrazone groups is 1. The number of hydrogen-bond donors (Lipinski definition) is 1. The molecule has 1 fully saturated rings. The first-order chi connectivity index (χ1) is 10.6. The predicted molar refractivity (Wildman–Crippen MR) is 85.7 cm³/mol. The number of rotatable bonds is 3. The van der Waals surface area contributed by atoms with E-state index >= 15 is 0 Å². The molecule has 2 amide bonds. The summed E-state index contributed by atoms with van der Waals surface area (Å²) in [6.45, 7) is 1.99. The fourth-order valence-electron chi connectivity index (χ4n) is 2.94. The molecule has 0 unspecified atom stereocenters. The van der Waals surface area contributed by atoms with Crippen LogP contribution in [0.15, 0.2) is 29.4 Å². The van der Waals surface area contributed by atoms with Gasteiger partial charge in [0, 0.05) is 18.9 Å². The van der Waals surface area contributed by atoms with E-state index in [0.717, 1.165) is 18.4 Å². The van der Waals surface area contributed by atoms with Gasteiger partial charge in [-0.25, -0.2) is 5.01 Å². The summed E-state index contributed by atoms with van der Waals surface area (Å²) in [5.41, 5.74) is 2.28. The monoisotopic (exact) mass is 299 g/mol. The number of nitrogens with zero attached hydrogens (tertiary/aromatic N) is 2. The molecule has 1 aromatic rings. The van der Waals surface area contributed by atoms with Gasteiger partial charge in [-0.2, -0.15) is 5.10 Å². The maximum absolute atomic E-state index is 12.3. The number of carbonyl (C=O) groups excluding carboxylic acids is 2. The van der Waals surface area contributed by atoms with E-state index in [1.807, 2.05) is 31.2 Å². The minimum atomic E-state index is -0.128. The third-order valence-corrected chi connectivity index (χ3v) is 4.26. The highest BCUT2D eigenvalue weighted by molar-refractivity contribution is 6.40. The van der Waals surface area contributed by atoms with Gasteiger partial charge in [-0.05, 0) is 31.9 Å². The van der Waals surface area contributed by atoms with Crippen molar-refractivity contribution >= 4 is 23.2 Å². The van der Waals surface area contributed by atoms with Crippen molar-refractivity contribution in [3.05, 3.63) is 29.8 Å². The van der Waals surface area contributed by atoms with Gasteiger partial charge in [-0.3, -0.25) is 9.59 Å². The summed E-state index contributed by atoms with van der Waals surface area (Å²) in [6.07, 6.45) is 5.17. The van der Waals surface area contributed by atoms with Crippen LogP contribution in [0, 0.1) is 6.92 Å². The van der Waals surface area contributed by atoms with Crippen LogP contribution in [0.25, 0.3) is 0 Å². The molecule has 22 heavy (non-hydrogen) atoms. The summed E-state index contributed by atoms with van der Waals surface area (Å²) in [5.74, 6) is -0.196. The Balaban J connectivity index is 1.76. The Hall–Kier alpha value is -2.17. The average Bonchev–Trinajstić information content (AvgIpc) is 3.01. The topological polar surface area (TPSA) is 61.8 Å². The summed E-state index contributed by atoms with van der Waals surface area (Å²) < 4.78 is 0. The lowest BCUT2D eigenvalue weighted by Gasteiger charge is -2.24. The third-order valence-electron chi connectivity index (χ3n) is 4.26. The van der Waals surface area contributed by atoms with Gasteiger partial charge in [0.2, 0.25) is 5.91 Å². The van der Waals surface area contributed by atoms with E-state index in [2.05, 4.69) is 10.4 Å². The van der Waals surface area contributed by atoms with E-state index < -0.39 is 0 Å². The Kier molecular flexibility index (Phi) is 4.22. The van der Waals surface area contributed by atoms with Crippen molar-refractivity contribution in [2.24, 2.45) is 5.10 Å². The molecule has 1 saturated carbocycles. The van der Waals surface area contributed by atoms with Crippen molar-refractivity contribution in [3.8, 4) is 0 Å². The van der Waals surface area contributed by atoms with Crippen molar-refractivity contribution in [2.45, 2.75) is 51.5 Å². The number of nitrogens with one attached hydrogen (secondary N) is 1. The van der Waals surface area contributed by atoms with Crippen LogP contribution in [-0.4, -0.2) is 23.6 Å². The number of hydrogen-bond acceptors (Lipinski definition) is 3. The minimum Gasteiger partial charge on any atom is -0.348 e. The van der Waals surface area contributed by atoms with Gasteiger partial charge in [0.1, 0.15) is 5.71 Å². The molecule has 5 heteroatoms. The molecule has 0 bridgehead atoms. The number of amides is 2. The summed E-state index contributed by atoms with van der Waals surface area (Å²) in [7, 11) is 0. The Bertz CT molecular complexity index is 601. The lowest BCUT2D eigenvalue weighted by atomic mass is 10.1. The van der Waals surface area contributed by atoms with E-state index in [-0.39, 0.29) is 17.9 Å². The molecule has 1 aliphatic carbocycles. The minimum absolute atomic E-state index is 0.0683. The van der Waals surface area contributed by atoms with Crippen LogP contribution < -0.4 is 10.3 Å². The van der Waals surface area contributed by atoms with E-state index in [4.69, 9.17) is 0 Å². The lowest BCUT2D eigenvalue weighted by Crippen LogP contribution is -2.42. The first-order valence-electron chi connectivity index (χ1n) is 7.91. The van der Waals surface area contributed by atoms with Crippen LogP contribution in [0.2, 0.25) is 0 Å². The van der Waals surface area contributed by atoms with Crippen LogP contribution in [0.4, 0.5) is 5.69 Å². The second kappa shape index (κ2) is 6.30. The molecule has 0 saturated heterocycles. The molecule has 3 rings (SSSR count). The largest absolute Gasteiger partial charge is 0.348 e. The van der Waals surface area contributed by atoms with Crippen LogP contribution in [0.5, 0.6) is 0 Å². The molecule has 1 aliphatic heterocycles. The van der Waals surface area contributed by atoms with Crippen LogP contribution in [-0.2, 0) is 9.59 Å². The molecule has 2 aliphatic rings. The van der Waals surface area contributed by atoms with Crippen molar-refractivity contribution in [1.29, 1.82) is 0 Å². The van der Waals surface area contributed by atoms with Gasteiger partial charge in [0.25, 0.3) is 5.91 Å². The van der Waals surface area contributed by atoms with Gasteiger partial charge in [0.05, 0.1) is 5.69 Å². The van der Waals surface area contributed by atoms with E-state index in [1.165, 1.54) is 17.9 Å². The van der Waals surface area contributed by atoms with Gasteiger partial charge in [-0.15, -0.1) is 0 Å². The van der Waals surface area contributed by atoms with Crippen LogP contribution >= 0.6 is 0 Å². The fraction of sp³-hybridized carbons (Fsp3) is 0.471. The zero-order valence-electron chi connectivity index (χ0n) is 12.8. The molecular weight excluding hydrogens is 278 g/mol. The van der Waals surface area contributed by atoms with Crippen LogP contribution in [0.3, 0.4) is 0 Å². The molecule has 1 heterocycles. The van der Waals surface area contributed by atoms with E-state index in [1.54, 1.807) is 0 Å². The highest BCUT2D eigenvalue weighted by Crippen LogP contribution is 2.21. The molecule has 1 aromatic carbocycles. The fourth-order valence-corrected chi connectivity index (χ4v) is 2.94. The van der Waals surface area contributed by atoms with Gasteiger partial charge >= 0.3 is 0 Å². The van der Waals surface area contributed by atoms with Crippen molar-refractivity contribution in [1.82, 2.24) is 5.32 Å². The highest BCUT2D eigenvalue weighted by Gasteiger charge is 2.27. The second-order valence-electron chi connectivity index (χ2n) is 6.04. The summed E-state index contributed by atoms with van der Waals surface area (Å²) in [5, 5.41) is 8.68. The number of carbonyl (C=O) groups is 2. The number of anilines is 1. The Morgan fingerprint density at radius 2 is 1.86 bits per heavy atom. The molecule has 1 N–H and O–H groups in total. The smallest absolute Gasteiger partial charge is 0.267 e. The number of benzene rings is 1. The van der Waals surface area contributed by atoms with Gasteiger partial charge in [-0.1, -0.05) is 30.5 Å². The molecule has 0 atom stereocenters. The zero-order valence-corrected chi connectivity index (χ0v) is 12.8. The quantitative estimate of drug-likeness (QED) is 0.932. The summed E-state index contributed by atoms with van der Waals surface area (Å²) in [6, 6.07) is 7.85. The standard InChI is InChI=1S/C17H21N3O2/c1-12-6-8-14(9-7-12)20-16(21)11-10-15(19-20)17(22)18-13-4-2-3-5-13/h6-9,13H,2-5,10-11H2,1H3,(H,18,22).